The van der Waals surface area contributed by atoms with Gasteiger partial charge in [0.15, 0.2) is 0 Å². The number of ether oxygens (including phenoxy) is 1. The van der Waals surface area contributed by atoms with Crippen LogP contribution in [0.4, 0.5) is 0 Å². The summed E-state index contributed by atoms with van der Waals surface area (Å²) >= 11 is 0. The lowest BCUT2D eigenvalue weighted by atomic mass is 10.0. The van der Waals surface area contributed by atoms with Crippen molar-refractivity contribution in [2.24, 2.45) is 0 Å². The van der Waals surface area contributed by atoms with Crippen molar-refractivity contribution in [1.29, 1.82) is 0 Å². The van der Waals surface area contributed by atoms with Crippen molar-refractivity contribution in [3.63, 3.8) is 0 Å². The average molecular weight is 278 g/mol. The molecule has 1 aromatic rings. The van der Waals surface area contributed by atoms with Gasteiger partial charge in [0.1, 0.15) is 0 Å². The first-order chi connectivity index (χ1) is 9.90. The van der Waals surface area contributed by atoms with Gasteiger partial charge in [-0.3, -0.25) is 0 Å². The topological polar surface area (TPSA) is 42.5 Å². The van der Waals surface area contributed by atoms with E-state index in [1.54, 1.807) is 0 Å². The Bertz CT molecular complexity index is 361. The molecule has 1 unspecified atom stereocenters. The van der Waals surface area contributed by atoms with Gasteiger partial charge in [-0.05, 0) is 17.5 Å². The van der Waals surface area contributed by atoms with E-state index in [1.165, 1.54) is 24.0 Å². The Labute approximate surface area is 121 Å². The van der Waals surface area contributed by atoms with Gasteiger partial charge in [-0.1, -0.05) is 44.0 Å². The highest BCUT2D eigenvalue weighted by Gasteiger charge is 2.14. The Morgan fingerprint density at radius 2 is 2.15 bits per heavy atom. The van der Waals surface area contributed by atoms with Crippen LogP contribution in [0.25, 0.3) is 0 Å². The lowest BCUT2D eigenvalue weighted by Crippen LogP contribution is -2.34. The van der Waals surface area contributed by atoms with E-state index in [1.807, 2.05) is 0 Å². The third-order valence-electron chi connectivity index (χ3n) is 3.53. The van der Waals surface area contributed by atoms with E-state index < -0.39 is 0 Å². The molecule has 1 saturated heterocycles. The Balaban J connectivity index is 1.68. The van der Waals surface area contributed by atoms with Crippen LogP contribution in [0, 0.1) is 0 Å². The zero-order chi connectivity index (χ0) is 14.0. The molecule has 4 nitrogen and oxygen atoms in total. The second-order valence-corrected chi connectivity index (χ2v) is 5.20. The summed E-state index contributed by atoms with van der Waals surface area (Å²) < 4.78 is 5.48. The summed E-state index contributed by atoms with van der Waals surface area (Å²) in [5.74, 6) is 0. The molecule has 1 aromatic carbocycles. The molecule has 0 radical (unpaired) electrons. The molecular weight excluding hydrogens is 252 g/mol. The van der Waals surface area contributed by atoms with Gasteiger partial charge in [-0.2, -0.15) is 5.48 Å². The standard InChI is InChI=1S/C16H26N2O2/c1-2-3-4-10-20-18-12-14-5-7-15(8-6-14)16-13-19-11-9-17-16/h5-8,16-18H,2-4,9-13H2,1H3. The smallest absolute Gasteiger partial charge is 0.0682 e. The quantitative estimate of drug-likeness (QED) is 0.566. The van der Waals surface area contributed by atoms with Gasteiger partial charge in [0.25, 0.3) is 0 Å². The molecule has 0 bridgehead atoms. The summed E-state index contributed by atoms with van der Waals surface area (Å²) in [6.07, 6.45) is 3.58. The number of nitrogens with one attached hydrogen (secondary N) is 2. The van der Waals surface area contributed by atoms with Gasteiger partial charge in [0.2, 0.25) is 0 Å². The molecule has 1 heterocycles. The third kappa shape index (κ3) is 5.21. The highest BCUT2D eigenvalue weighted by atomic mass is 16.6. The monoisotopic (exact) mass is 278 g/mol. The van der Waals surface area contributed by atoms with Gasteiger partial charge in [0.05, 0.1) is 25.9 Å². The van der Waals surface area contributed by atoms with Crippen molar-refractivity contribution >= 4 is 0 Å². The fraction of sp³-hybridized carbons (Fsp3) is 0.625. The highest BCUT2D eigenvalue weighted by Crippen LogP contribution is 2.16. The Morgan fingerprint density at radius 1 is 1.30 bits per heavy atom. The van der Waals surface area contributed by atoms with Crippen LogP contribution in [0.3, 0.4) is 0 Å². The second-order valence-electron chi connectivity index (χ2n) is 5.20. The van der Waals surface area contributed by atoms with Crippen LogP contribution >= 0.6 is 0 Å². The Hall–Kier alpha value is -0.940. The molecule has 0 aromatic heterocycles. The van der Waals surface area contributed by atoms with Crippen LogP contribution in [-0.2, 0) is 16.1 Å². The predicted molar refractivity (Wildman–Crippen MR) is 80.3 cm³/mol. The van der Waals surface area contributed by atoms with Gasteiger partial charge < -0.3 is 14.9 Å². The molecule has 2 N–H and O–H groups in total. The second kappa shape index (κ2) is 9.08. The van der Waals surface area contributed by atoms with Crippen molar-refractivity contribution in [1.82, 2.24) is 10.8 Å². The van der Waals surface area contributed by atoms with E-state index in [-0.39, 0.29) is 0 Å². The van der Waals surface area contributed by atoms with Crippen molar-refractivity contribution in [3.05, 3.63) is 35.4 Å². The largest absolute Gasteiger partial charge is 0.378 e. The minimum absolute atomic E-state index is 0.330. The molecule has 0 amide bonds. The first-order valence-corrected chi connectivity index (χ1v) is 7.64. The maximum Gasteiger partial charge on any atom is 0.0682 e. The summed E-state index contributed by atoms with van der Waals surface area (Å²) in [4.78, 5) is 5.40. The van der Waals surface area contributed by atoms with Crippen LogP contribution in [0.5, 0.6) is 0 Å². The molecule has 0 spiro atoms. The van der Waals surface area contributed by atoms with Crippen molar-refractivity contribution in [3.8, 4) is 0 Å². The van der Waals surface area contributed by atoms with Crippen molar-refractivity contribution in [2.75, 3.05) is 26.4 Å². The van der Waals surface area contributed by atoms with Crippen LogP contribution < -0.4 is 10.8 Å². The number of benzene rings is 1. The minimum Gasteiger partial charge on any atom is -0.378 e. The summed E-state index contributed by atoms with van der Waals surface area (Å²) in [7, 11) is 0. The van der Waals surface area contributed by atoms with Crippen molar-refractivity contribution < 1.29 is 9.57 Å². The van der Waals surface area contributed by atoms with E-state index in [0.717, 1.165) is 39.3 Å². The zero-order valence-corrected chi connectivity index (χ0v) is 12.4. The number of hydroxylamine groups is 1. The Kier molecular flexibility index (Phi) is 7.01. The zero-order valence-electron chi connectivity index (χ0n) is 12.4. The number of hydrogen-bond acceptors (Lipinski definition) is 4. The molecule has 112 valence electrons. The normalized spacial score (nSPS) is 19.1. The predicted octanol–water partition coefficient (Wildman–Crippen LogP) is 2.56. The van der Waals surface area contributed by atoms with E-state index >= 15 is 0 Å². The average Bonchev–Trinajstić information content (AvgIpc) is 2.52. The first kappa shape index (κ1) is 15.4. The molecule has 0 saturated carbocycles. The Morgan fingerprint density at radius 3 is 2.85 bits per heavy atom. The number of rotatable bonds is 8. The van der Waals surface area contributed by atoms with Gasteiger partial charge in [0, 0.05) is 13.1 Å². The summed E-state index contributed by atoms with van der Waals surface area (Å²) in [5.41, 5.74) is 5.55. The fourth-order valence-electron chi connectivity index (χ4n) is 2.28. The first-order valence-electron chi connectivity index (χ1n) is 7.64. The maximum absolute atomic E-state index is 5.48. The van der Waals surface area contributed by atoms with Crippen LogP contribution in [0.15, 0.2) is 24.3 Å². The van der Waals surface area contributed by atoms with Crippen LogP contribution in [-0.4, -0.2) is 26.4 Å². The molecule has 1 atom stereocenters. The van der Waals surface area contributed by atoms with E-state index in [0.29, 0.717) is 6.04 Å². The summed E-state index contributed by atoms with van der Waals surface area (Å²) in [6, 6.07) is 8.96. The van der Waals surface area contributed by atoms with E-state index in [9.17, 15) is 0 Å². The minimum atomic E-state index is 0.330. The molecule has 0 aliphatic carbocycles. The number of morpholine rings is 1. The third-order valence-corrected chi connectivity index (χ3v) is 3.53. The lowest BCUT2D eigenvalue weighted by Gasteiger charge is -2.24. The van der Waals surface area contributed by atoms with Crippen LogP contribution in [0.2, 0.25) is 0 Å². The molecule has 20 heavy (non-hydrogen) atoms. The van der Waals surface area contributed by atoms with Crippen LogP contribution in [0.1, 0.15) is 43.4 Å². The van der Waals surface area contributed by atoms with Gasteiger partial charge >= 0.3 is 0 Å². The fourth-order valence-corrected chi connectivity index (χ4v) is 2.28. The summed E-state index contributed by atoms with van der Waals surface area (Å²) in [5, 5.41) is 3.46. The molecule has 1 aliphatic rings. The molecule has 1 aliphatic heterocycles. The summed E-state index contributed by atoms with van der Waals surface area (Å²) in [6.45, 7) is 6.24. The molecule has 4 heteroatoms. The molecule has 2 rings (SSSR count). The van der Waals surface area contributed by atoms with E-state index in [4.69, 9.17) is 9.57 Å². The number of hydrogen-bond donors (Lipinski definition) is 2. The maximum atomic E-state index is 5.48. The molecular formula is C16H26N2O2. The van der Waals surface area contributed by atoms with Crippen molar-refractivity contribution in [2.45, 2.75) is 38.8 Å². The lowest BCUT2D eigenvalue weighted by molar-refractivity contribution is 0.0342. The SMILES string of the molecule is CCCCCONCc1ccc(C2COCCN2)cc1. The van der Waals surface area contributed by atoms with Gasteiger partial charge in [-0.25, -0.2) is 0 Å². The van der Waals surface area contributed by atoms with E-state index in [2.05, 4.69) is 42.0 Å². The molecule has 1 fully saturated rings. The highest BCUT2D eigenvalue weighted by molar-refractivity contribution is 5.25. The van der Waals surface area contributed by atoms with Gasteiger partial charge in [-0.15, -0.1) is 0 Å². The number of unbranched alkanes of at least 4 members (excludes halogenated alkanes) is 2.